The van der Waals surface area contributed by atoms with E-state index in [1.54, 1.807) is 18.2 Å². The number of halogens is 2. The highest BCUT2D eigenvalue weighted by molar-refractivity contribution is 7.89. The molecular weight excluding hydrogens is 443 g/mol. The summed E-state index contributed by atoms with van der Waals surface area (Å²) in [4.78, 5) is 10.2. The largest absolute Gasteiger partial charge is 0.379 e. The molecule has 1 N–H and O–H groups in total. The van der Waals surface area contributed by atoms with Crippen molar-refractivity contribution in [2.75, 3.05) is 31.7 Å². The molecule has 0 aliphatic carbocycles. The minimum absolute atomic E-state index is 0.110. The Morgan fingerprint density at radius 1 is 1.14 bits per heavy atom. The molecular formula is C17H16Cl2N4O5S. The number of nitrogens with one attached hydrogen (secondary N) is 1. The standard InChI is InChI=1S/C17H16Cl2N4O5S/c18-14-3-1-12(9-15(14)19)11-20-21-16-4-2-13(23(24)25)10-17(16)29(26,27)22-5-7-28-8-6-22/h1-4,9-11,21H,5-8H2/b20-11-. The Morgan fingerprint density at radius 3 is 2.52 bits per heavy atom. The van der Waals surface area contributed by atoms with Gasteiger partial charge in [-0.1, -0.05) is 29.3 Å². The van der Waals surface area contributed by atoms with E-state index < -0.39 is 14.9 Å². The van der Waals surface area contributed by atoms with Crippen LogP contribution in [0.1, 0.15) is 5.56 Å². The summed E-state index contributed by atoms with van der Waals surface area (Å²) >= 11 is 11.8. The summed E-state index contributed by atoms with van der Waals surface area (Å²) in [6.45, 7) is 0.840. The van der Waals surface area contributed by atoms with Crippen molar-refractivity contribution in [2.45, 2.75) is 4.90 Å². The quantitative estimate of drug-likeness (QED) is 0.403. The van der Waals surface area contributed by atoms with Gasteiger partial charge in [0.25, 0.3) is 5.69 Å². The average Bonchev–Trinajstić information content (AvgIpc) is 2.71. The first-order valence-electron chi connectivity index (χ1n) is 8.39. The zero-order valence-electron chi connectivity index (χ0n) is 14.9. The summed E-state index contributed by atoms with van der Waals surface area (Å²) in [5.74, 6) is 0. The van der Waals surface area contributed by atoms with Gasteiger partial charge in [-0.25, -0.2) is 8.42 Å². The van der Waals surface area contributed by atoms with Gasteiger partial charge in [0.15, 0.2) is 0 Å². The lowest BCUT2D eigenvalue weighted by Gasteiger charge is -2.26. The smallest absolute Gasteiger partial charge is 0.270 e. The van der Waals surface area contributed by atoms with Gasteiger partial charge < -0.3 is 4.74 Å². The van der Waals surface area contributed by atoms with Crippen LogP contribution in [0.3, 0.4) is 0 Å². The number of benzene rings is 2. The number of nitro benzene ring substituents is 1. The van der Waals surface area contributed by atoms with Crippen LogP contribution in [0, 0.1) is 10.1 Å². The topological polar surface area (TPSA) is 114 Å². The van der Waals surface area contributed by atoms with E-state index in [9.17, 15) is 18.5 Å². The zero-order chi connectivity index (χ0) is 21.0. The van der Waals surface area contributed by atoms with E-state index in [4.69, 9.17) is 27.9 Å². The SMILES string of the molecule is O=[N+]([O-])c1ccc(N/N=C\c2ccc(Cl)c(Cl)c2)c(S(=O)(=O)N2CCOCC2)c1. The lowest BCUT2D eigenvalue weighted by Crippen LogP contribution is -2.40. The van der Waals surface area contributed by atoms with Crippen molar-refractivity contribution >= 4 is 50.8 Å². The van der Waals surface area contributed by atoms with Crippen molar-refractivity contribution in [3.8, 4) is 0 Å². The van der Waals surface area contributed by atoms with E-state index in [2.05, 4.69) is 10.5 Å². The normalized spacial score (nSPS) is 15.5. The Balaban J connectivity index is 1.92. The maximum atomic E-state index is 13.0. The first-order valence-corrected chi connectivity index (χ1v) is 10.6. The van der Waals surface area contributed by atoms with Gasteiger partial charge in [-0.15, -0.1) is 0 Å². The molecule has 0 radical (unpaired) electrons. The van der Waals surface area contributed by atoms with Gasteiger partial charge in [-0.05, 0) is 23.8 Å². The first kappa shape index (κ1) is 21.5. The summed E-state index contributed by atoms with van der Waals surface area (Å²) in [6.07, 6.45) is 1.43. The maximum absolute atomic E-state index is 13.0. The van der Waals surface area contributed by atoms with E-state index in [0.717, 1.165) is 6.07 Å². The minimum Gasteiger partial charge on any atom is -0.379 e. The van der Waals surface area contributed by atoms with Gasteiger partial charge >= 0.3 is 0 Å². The molecule has 1 aliphatic heterocycles. The second-order valence-electron chi connectivity index (χ2n) is 6.00. The van der Waals surface area contributed by atoms with Crippen LogP contribution in [0.25, 0.3) is 0 Å². The molecule has 1 aliphatic rings. The summed E-state index contributed by atoms with van der Waals surface area (Å²) in [6, 6.07) is 8.40. The number of anilines is 1. The summed E-state index contributed by atoms with van der Waals surface area (Å²) in [5.41, 5.74) is 3.04. The number of ether oxygens (including phenoxy) is 1. The maximum Gasteiger partial charge on any atom is 0.270 e. The highest BCUT2D eigenvalue weighted by Gasteiger charge is 2.30. The van der Waals surface area contributed by atoms with Gasteiger partial charge in [-0.3, -0.25) is 15.5 Å². The molecule has 0 bridgehead atoms. The summed E-state index contributed by atoms with van der Waals surface area (Å²) in [5, 5.41) is 15.9. The second-order valence-corrected chi connectivity index (χ2v) is 8.72. The molecule has 1 fully saturated rings. The molecule has 2 aromatic carbocycles. The Labute approximate surface area is 177 Å². The van der Waals surface area contributed by atoms with Crippen molar-refractivity contribution in [3.63, 3.8) is 0 Å². The number of hydrazone groups is 1. The predicted octanol–water partition coefficient (Wildman–Crippen LogP) is 3.37. The van der Waals surface area contributed by atoms with Crippen LogP contribution in [0.2, 0.25) is 10.0 Å². The van der Waals surface area contributed by atoms with Crippen LogP contribution >= 0.6 is 23.2 Å². The first-order chi connectivity index (χ1) is 13.8. The molecule has 0 amide bonds. The van der Waals surface area contributed by atoms with Crippen LogP contribution in [0.4, 0.5) is 11.4 Å². The van der Waals surface area contributed by atoms with E-state index in [-0.39, 0.29) is 42.6 Å². The number of hydrogen-bond acceptors (Lipinski definition) is 7. The molecule has 154 valence electrons. The van der Waals surface area contributed by atoms with Crippen LogP contribution in [-0.2, 0) is 14.8 Å². The summed E-state index contributed by atoms with van der Waals surface area (Å²) in [7, 11) is -3.98. The molecule has 0 spiro atoms. The monoisotopic (exact) mass is 458 g/mol. The molecule has 29 heavy (non-hydrogen) atoms. The van der Waals surface area contributed by atoms with Crippen molar-refractivity contribution in [1.82, 2.24) is 4.31 Å². The van der Waals surface area contributed by atoms with Crippen molar-refractivity contribution in [2.24, 2.45) is 5.10 Å². The minimum atomic E-state index is -3.98. The van der Waals surface area contributed by atoms with E-state index in [0.29, 0.717) is 15.6 Å². The number of hydrogen-bond donors (Lipinski definition) is 1. The second kappa shape index (κ2) is 9.06. The molecule has 0 unspecified atom stereocenters. The third-order valence-electron chi connectivity index (χ3n) is 4.11. The Morgan fingerprint density at radius 2 is 1.86 bits per heavy atom. The lowest BCUT2D eigenvalue weighted by molar-refractivity contribution is -0.385. The Hall–Kier alpha value is -2.24. The number of non-ortho nitro benzene ring substituents is 1. The number of nitro groups is 1. The molecule has 3 rings (SSSR count). The Kier molecular flexibility index (Phi) is 6.70. The Bertz CT molecular complexity index is 1060. The van der Waals surface area contributed by atoms with E-state index in [1.165, 1.54) is 22.7 Å². The molecule has 0 aromatic heterocycles. The number of rotatable bonds is 6. The molecule has 9 nitrogen and oxygen atoms in total. The van der Waals surface area contributed by atoms with Gasteiger partial charge in [0, 0.05) is 25.2 Å². The molecule has 12 heteroatoms. The number of nitrogens with zero attached hydrogens (tertiary/aromatic N) is 3. The van der Waals surface area contributed by atoms with Gasteiger partial charge in [0.05, 0.1) is 40.1 Å². The van der Waals surface area contributed by atoms with Crippen molar-refractivity contribution in [1.29, 1.82) is 0 Å². The van der Waals surface area contributed by atoms with Crippen LogP contribution in [-0.4, -0.2) is 50.2 Å². The third-order valence-corrected chi connectivity index (χ3v) is 6.78. The highest BCUT2D eigenvalue weighted by Crippen LogP contribution is 2.29. The number of morpholine rings is 1. The van der Waals surface area contributed by atoms with Crippen molar-refractivity contribution < 1.29 is 18.1 Å². The number of sulfonamides is 1. The van der Waals surface area contributed by atoms with E-state index in [1.807, 2.05) is 0 Å². The summed E-state index contributed by atoms with van der Waals surface area (Å²) < 4.78 is 32.5. The fourth-order valence-electron chi connectivity index (χ4n) is 2.63. The molecule has 1 heterocycles. The molecule has 2 aromatic rings. The predicted molar refractivity (Wildman–Crippen MR) is 110 cm³/mol. The fraction of sp³-hybridized carbons (Fsp3) is 0.235. The third kappa shape index (κ3) is 5.03. The molecule has 0 atom stereocenters. The van der Waals surface area contributed by atoms with Gasteiger partial charge in [0.2, 0.25) is 10.0 Å². The highest BCUT2D eigenvalue weighted by atomic mass is 35.5. The van der Waals surface area contributed by atoms with Crippen LogP contribution in [0.15, 0.2) is 46.4 Å². The van der Waals surface area contributed by atoms with Gasteiger partial charge in [0.1, 0.15) is 4.90 Å². The fourth-order valence-corrected chi connectivity index (χ4v) is 4.50. The average molecular weight is 459 g/mol. The molecule has 1 saturated heterocycles. The lowest BCUT2D eigenvalue weighted by atomic mass is 10.2. The van der Waals surface area contributed by atoms with Gasteiger partial charge in [-0.2, -0.15) is 9.41 Å². The zero-order valence-corrected chi connectivity index (χ0v) is 17.2. The van der Waals surface area contributed by atoms with Crippen LogP contribution in [0.5, 0.6) is 0 Å². The van der Waals surface area contributed by atoms with Crippen molar-refractivity contribution in [3.05, 3.63) is 62.1 Å². The van der Waals surface area contributed by atoms with E-state index >= 15 is 0 Å². The molecule has 0 saturated carbocycles. The van der Waals surface area contributed by atoms with Crippen LogP contribution < -0.4 is 5.43 Å².